The lowest BCUT2D eigenvalue weighted by Crippen LogP contribution is -1.80. The average molecular weight is 276 g/mol. The highest BCUT2D eigenvalue weighted by molar-refractivity contribution is 6.37. The molecule has 94 valence electrons. The van der Waals surface area contributed by atoms with Crippen molar-refractivity contribution in [1.29, 1.82) is 0 Å². The van der Waals surface area contributed by atoms with Crippen LogP contribution >= 0.6 is 11.6 Å². The summed E-state index contributed by atoms with van der Waals surface area (Å²) < 4.78 is 2.30. The van der Waals surface area contributed by atoms with Gasteiger partial charge < -0.3 is 4.40 Å². The Bertz CT molecular complexity index is 1100. The van der Waals surface area contributed by atoms with E-state index < -0.39 is 0 Å². The van der Waals surface area contributed by atoms with Gasteiger partial charge in [0.1, 0.15) is 0 Å². The van der Waals surface area contributed by atoms with E-state index >= 15 is 0 Å². The molecule has 2 heteroatoms. The number of aromatic nitrogens is 1. The fourth-order valence-corrected chi connectivity index (χ4v) is 3.69. The van der Waals surface area contributed by atoms with Gasteiger partial charge in [0.2, 0.25) is 0 Å². The van der Waals surface area contributed by atoms with Crippen LogP contribution in [0.5, 0.6) is 0 Å². The Hall–Kier alpha value is -2.25. The molecule has 5 rings (SSSR count). The lowest BCUT2D eigenvalue weighted by atomic mass is 10.1. The van der Waals surface area contributed by atoms with Gasteiger partial charge in [-0.2, -0.15) is 0 Å². The molecule has 0 atom stereocenters. The van der Waals surface area contributed by atoms with Gasteiger partial charge in [-0.05, 0) is 12.1 Å². The number of rotatable bonds is 0. The lowest BCUT2D eigenvalue weighted by molar-refractivity contribution is 1.37. The van der Waals surface area contributed by atoms with Crippen molar-refractivity contribution in [3.63, 3.8) is 0 Å². The maximum atomic E-state index is 6.48. The van der Waals surface area contributed by atoms with E-state index in [-0.39, 0.29) is 0 Å². The second-order valence-corrected chi connectivity index (χ2v) is 5.60. The highest BCUT2D eigenvalue weighted by Crippen LogP contribution is 2.40. The minimum Gasteiger partial charge on any atom is -0.306 e. The van der Waals surface area contributed by atoms with Crippen molar-refractivity contribution in [2.24, 2.45) is 0 Å². The van der Waals surface area contributed by atoms with Gasteiger partial charge in [-0.3, -0.25) is 0 Å². The molecule has 0 N–H and O–H groups in total. The smallest absolute Gasteiger partial charge is 0.0727 e. The van der Waals surface area contributed by atoms with Crippen LogP contribution in [0.2, 0.25) is 5.02 Å². The number of fused-ring (bicyclic) bond motifs is 6. The Kier molecular flexibility index (Phi) is 1.81. The molecule has 0 spiro atoms. The second-order valence-electron chi connectivity index (χ2n) is 5.19. The van der Waals surface area contributed by atoms with E-state index in [1.54, 1.807) is 0 Å². The normalized spacial score (nSPS) is 12.2. The van der Waals surface area contributed by atoms with E-state index in [2.05, 4.69) is 52.9 Å². The zero-order valence-corrected chi connectivity index (χ0v) is 11.4. The monoisotopic (exact) mass is 275 g/mol. The number of halogens is 1. The van der Waals surface area contributed by atoms with Gasteiger partial charge in [0.25, 0.3) is 0 Å². The summed E-state index contributed by atoms with van der Waals surface area (Å²) in [6.07, 6.45) is 0. The van der Waals surface area contributed by atoms with Crippen LogP contribution < -0.4 is 0 Å². The molecule has 0 saturated heterocycles. The molecule has 0 radical (unpaired) electrons. The van der Waals surface area contributed by atoms with Gasteiger partial charge in [-0.1, -0.05) is 60.1 Å². The average Bonchev–Trinajstić information content (AvgIpc) is 3.00. The van der Waals surface area contributed by atoms with Crippen molar-refractivity contribution in [2.75, 3.05) is 0 Å². The maximum absolute atomic E-state index is 6.48. The molecule has 1 nitrogen and oxygen atoms in total. The Morgan fingerprint density at radius 2 is 1.20 bits per heavy atom. The fraction of sp³-hybridized carbons (Fsp3) is 0. The van der Waals surface area contributed by atoms with Gasteiger partial charge in [0, 0.05) is 21.5 Å². The maximum Gasteiger partial charge on any atom is 0.0727 e. The summed E-state index contributed by atoms with van der Waals surface area (Å²) in [6.45, 7) is 0. The van der Waals surface area contributed by atoms with Crippen LogP contribution in [-0.4, -0.2) is 4.40 Å². The predicted molar refractivity (Wildman–Crippen MR) is 86.1 cm³/mol. The molecule has 0 unspecified atom stereocenters. The fourth-order valence-electron chi connectivity index (χ4n) is 3.43. The highest BCUT2D eigenvalue weighted by Gasteiger charge is 2.17. The third-order valence-electron chi connectivity index (χ3n) is 4.20. The van der Waals surface area contributed by atoms with E-state index in [9.17, 15) is 0 Å². The second kappa shape index (κ2) is 3.44. The van der Waals surface area contributed by atoms with Gasteiger partial charge in [-0.25, -0.2) is 0 Å². The Morgan fingerprint density at radius 3 is 2.05 bits per heavy atom. The van der Waals surface area contributed by atoms with E-state index in [1.165, 1.54) is 32.6 Å². The summed E-state index contributed by atoms with van der Waals surface area (Å²) in [6, 6.07) is 21.2. The third kappa shape index (κ3) is 1.06. The molecule has 0 aliphatic rings. The SMILES string of the molecule is Clc1cccc2c3cccc4c5ccccc5n(c12)c43. The summed E-state index contributed by atoms with van der Waals surface area (Å²) in [7, 11) is 0. The van der Waals surface area contributed by atoms with Crippen LogP contribution in [0.1, 0.15) is 0 Å². The molecule has 0 saturated carbocycles. The quantitative estimate of drug-likeness (QED) is 0.352. The molecule has 0 amide bonds. The first kappa shape index (κ1) is 10.5. The molecular formula is C18H10ClN. The van der Waals surface area contributed by atoms with Gasteiger partial charge >= 0.3 is 0 Å². The van der Waals surface area contributed by atoms with Crippen molar-refractivity contribution < 1.29 is 0 Å². The Labute approximate surface area is 120 Å². The van der Waals surface area contributed by atoms with E-state index in [0.717, 1.165) is 10.5 Å². The molecule has 0 aliphatic carbocycles. The minimum absolute atomic E-state index is 0.807. The summed E-state index contributed by atoms with van der Waals surface area (Å²) in [4.78, 5) is 0. The van der Waals surface area contributed by atoms with Crippen LogP contribution in [0.15, 0.2) is 60.7 Å². The van der Waals surface area contributed by atoms with Crippen molar-refractivity contribution >= 4 is 49.7 Å². The van der Waals surface area contributed by atoms with Crippen molar-refractivity contribution in [3.05, 3.63) is 65.7 Å². The molecule has 0 fully saturated rings. The van der Waals surface area contributed by atoms with Gasteiger partial charge in [0.05, 0.1) is 21.6 Å². The highest BCUT2D eigenvalue weighted by atomic mass is 35.5. The van der Waals surface area contributed by atoms with Crippen LogP contribution in [0.3, 0.4) is 0 Å². The minimum atomic E-state index is 0.807. The molecule has 0 aliphatic heterocycles. The van der Waals surface area contributed by atoms with Crippen molar-refractivity contribution in [1.82, 2.24) is 4.40 Å². The number of hydrogen-bond donors (Lipinski definition) is 0. The molecule has 2 heterocycles. The summed E-state index contributed by atoms with van der Waals surface area (Å²) >= 11 is 6.48. The van der Waals surface area contributed by atoms with Crippen LogP contribution in [0, 0.1) is 0 Å². The topological polar surface area (TPSA) is 4.41 Å². The standard InChI is InChI=1S/C18H10ClN/c19-15-9-4-8-14-13-7-3-6-12-11-5-1-2-10-16(11)20(17(12)13)18(14)15/h1-10H. The molecule has 3 aromatic carbocycles. The van der Waals surface area contributed by atoms with Crippen LogP contribution in [0.4, 0.5) is 0 Å². The number of nitrogens with zero attached hydrogens (tertiary/aromatic N) is 1. The zero-order valence-electron chi connectivity index (χ0n) is 10.6. The number of para-hydroxylation sites is 3. The summed E-state index contributed by atoms with van der Waals surface area (Å²) in [5.41, 5.74) is 3.61. The van der Waals surface area contributed by atoms with Crippen LogP contribution in [-0.2, 0) is 0 Å². The molecule has 2 aromatic heterocycles. The first-order valence-electron chi connectivity index (χ1n) is 6.68. The number of benzene rings is 3. The predicted octanol–water partition coefficient (Wildman–Crippen LogP) is 5.49. The molecule has 5 aromatic rings. The Morgan fingerprint density at radius 1 is 0.600 bits per heavy atom. The van der Waals surface area contributed by atoms with E-state index in [4.69, 9.17) is 11.6 Å². The summed E-state index contributed by atoms with van der Waals surface area (Å²) in [5.74, 6) is 0. The lowest BCUT2D eigenvalue weighted by Gasteiger charge is -1.98. The van der Waals surface area contributed by atoms with Crippen molar-refractivity contribution in [3.8, 4) is 0 Å². The van der Waals surface area contributed by atoms with E-state index in [1.807, 2.05) is 12.1 Å². The van der Waals surface area contributed by atoms with Gasteiger partial charge in [-0.15, -0.1) is 0 Å². The van der Waals surface area contributed by atoms with Gasteiger partial charge in [0.15, 0.2) is 0 Å². The first-order valence-corrected chi connectivity index (χ1v) is 7.05. The molecule has 0 bridgehead atoms. The van der Waals surface area contributed by atoms with Crippen molar-refractivity contribution in [2.45, 2.75) is 0 Å². The molecule has 20 heavy (non-hydrogen) atoms. The molecular weight excluding hydrogens is 266 g/mol. The first-order chi connectivity index (χ1) is 9.86. The number of hydrogen-bond acceptors (Lipinski definition) is 0. The van der Waals surface area contributed by atoms with E-state index in [0.29, 0.717) is 0 Å². The zero-order chi connectivity index (χ0) is 13.3. The summed E-state index contributed by atoms with van der Waals surface area (Å²) in [5, 5.41) is 5.89. The largest absolute Gasteiger partial charge is 0.306 e. The Balaban J connectivity index is 2.32. The van der Waals surface area contributed by atoms with Crippen LogP contribution in [0.25, 0.3) is 38.1 Å². The third-order valence-corrected chi connectivity index (χ3v) is 4.50.